The number of carbonyl (C=O) groups excluding carboxylic acids is 2. The van der Waals surface area contributed by atoms with Crippen LogP contribution >= 0.6 is 0 Å². The number of methoxy groups -OCH3 is 1. The van der Waals surface area contributed by atoms with Gasteiger partial charge in [-0.05, 0) is 18.2 Å². The molecule has 2 N–H and O–H groups in total. The first kappa shape index (κ1) is 13.4. The molecule has 6 nitrogen and oxygen atoms in total. The van der Waals surface area contributed by atoms with E-state index < -0.39 is 0 Å². The molecular weight excluding hydrogens is 248 g/mol. The molecule has 0 radical (unpaired) electrons. The molecule has 0 saturated heterocycles. The van der Waals surface area contributed by atoms with E-state index in [-0.39, 0.29) is 11.8 Å². The number of hydrogen-bond donors (Lipinski definition) is 2. The Hall–Kier alpha value is -2.08. The van der Waals surface area contributed by atoms with Gasteiger partial charge >= 0.3 is 0 Å². The molecule has 0 atom stereocenters. The number of ether oxygens (including phenoxy) is 2. The number of carbonyl (C=O) groups is 2. The minimum Gasteiger partial charge on any atom is -0.491 e. The number of hydrogen-bond acceptors (Lipinski definition) is 4. The number of anilines is 1. The van der Waals surface area contributed by atoms with Gasteiger partial charge in [0.15, 0.2) is 0 Å². The minimum absolute atomic E-state index is 0.115. The van der Waals surface area contributed by atoms with Crippen molar-refractivity contribution < 1.29 is 19.1 Å². The fourth-order valence-electron chi connectivity index (χ4n) is 1.73. The highest BCUT2D eigenvalue weighted by Gasteiger charge is 2.15. The largest absolute Gasteiger partial charge is 0.491 e. The maximum atomic E-state index is 11.9. The van der Waals surface area contributed by atoms with Gasteiger partial charge in [0.05, 0.1) is 25.3 Å². The average Bonchev–Trinajstić information content (AvgIpc) is 2.58. The summed E-state index contributed by atoms with van der Waals surface area (Å²) in [6, 6.07) is 4.96. The van der Waals surface area contributed by atoms with Crippen LogP contribution in [-0.2, 0) is 9.53 Å². The molecule has 0 spiro atoms. The zero-order valence-corrected chi connectivity index (χ0v) is 10.7. The Labute approximate surface area is 111 Å². The van der Waals surface area contributed by atoms with E-state index in [1.807, 2.05) is 0 Å². The summed E-state index contributed by atoms with van der Waals surface area (Å²) in [6.07, 6.45) is 0.310. The second-order valence-electron chi connectivity index (χ2n) is 4.11. The van der Waals surface area contributed by atoms with Gasteiger partial charge in [-0.1, -0.05) is 0 Å². The second kappa shape index (κ2) is 6.19. The number of nitrogens with one attached hydrogen (secondary N) is 2. The van der Waals surface area contributed by atoms with Crippen molar-refractivity contribution in [1.29, 1.82) is 0 Å². The monoisotopic (exact) mass is 264 g/mol. The zero-order chi connectivity index (χ0) is 13.7. The predicted octanol–water partition coefficient (Wildman–Crippen LogP) is 0.784. The first-order valence-electron chi connectivity index (χ1n) is 6.04. The Morgan fingerprint density at radius 1 is 1.53 bits per heavy atom. The van der Waals surface area contributed by atoms with Crippen molar-refractivity contribution in [3.8, 4) is 5.75 Å². The molecule has 0 unspecified atom stereocenters. The number of rotatable bonds is 4. The molecule has 0 saturated carbocycles. The normalized spacial score (nSPS) is 13.8. The van der Waals surface area contributed by atoms with Crippen LogP contribution in [0.5, 0.6) is 5.75 Å². The SMILES string of the molecule is COCCNC(=O)c1ccc2c(c1)NC(=O)CCO2. The van der Waals surface area contributed by atoms with Crippen LogP contribution in [0, 0.1) is 0 Å². The molecule has 6 heteroatoms. The molecule has 0 fully saturated rings. The molecule has 1 aromatic carbocycles. The predicted molar refractivity (Wildman–Crippen MR) is 69.4 cm³/mol. The van der Waals surface area contributed by atoms with Gasteiger partial charge in [0.25, 0.3) is 5.91 Å². The van der Waals surface area contributed by atoms with E-state index >= 15 is 0 Å². The summed E-state index contributed by atoms with van der Waals surface area (Å²) in [5, 5.41) is 5.43. The molecule has 2 rings (SSSR count). The Morgan fingerprint density at radius 3 is 3.16 bits per heavy atom. The zero-order valence-electron chi connectivity index (χ0n) is 10.7. The Kier molecular flexibility index (Phi) is 4.35. The lowest BCUT2D eigenvalue weighted by Gasteiger charge is -2.09. The first-order valence-corrected chi connectivity index (χ1v) is 6.04. The van der Waals surface area contributed by atoms with Crippen molar-refractivity contribution in [2.45, 2.75) is 6.42 Å². The summed E-state index contributed by atoms with van der Waals surface area (Å²) in [4.78, 5) is 23.3. The number of amides is 2. The third-order valence-corrected chi connectivity index (χ3v) is 2.69. The van der Waals surface area contributed by atoms with Crippen LogP contribution in [0.2, 0.25) is 0 Å². The Balaban J connectivity index is 2.11. The van der Waals surface area contributed by atoms with Crippen molar-refractivity contribution in [2.75, 3.05) is 32.2 Å². The molecule has 19 heavy (non-hydrogen) atoms. The van der Waals surface area contributed by atoms with Crippen LogP contribution < -0.4 is 15.4 Å². The van der Waals surface area contributed by atoms with E-state index in [4.69, 9.17) is 9.47 Å². The number of benzene rings is 1. The molecule has 102 valence electrons. The van der Waals surface area contributed by atoms with Gasteiger partial charge in [-0.25, -0.2) is 0 Å². The van der Waals surface area contributed by atoms with Crippen molar-refractivity contribution in [2.24, 2.45) is 0 Å². The fourth-order valence-corrected chi connectivity index (χ4v) is 1.73. The fraction of sp³-hybridized carbons (Fsp3) is 0.385. The number of fused-ring (bicyclic) bond motifs is 1. The highest BCUT2D eigenvalue weighted by Crippen LogP contribution is 2.27. The molecule has 1 aliphatic heterocycles. The highest BCUT2D eigenvalue weighted by molar-refractivity contribution is 5.98. The third-order valence-electron chi connectivity index (χ3n) is 2.69. The van der Waals surface area contributed by atoms with Crippen molar-refractivity contribution >= 4 is 17.5 Å². The topological polar surface area (TPSA) is 76.7 Å². The summed E-state index contributed by atoms with van der Waals surface area (Å²) in [6.45, 7) is 1.24. The average molecular weight is 264 g/mol. The molecule has 0 bridgehead atoms. The van der Waals surface area contributed by atoms with Crippen molar-refractivity contribution in [3.63, 3.8) is 0 Å². The van der Waals surface area contributed by atoms with Gasteiger partial charge in [-0.3, -0.25) is 9.59 Å². The summed E-state index contributed by atoms with van der Waals surface area (Å²) in [5.74, 6) is 0.258. The molecule has 1 aromatic rings. The lowest BCUT2D eigenvalue weighted by molar-refractivity contribution is -0.116. The van der Waals surface area contributed by atoms with E-state index in [0.717, 1.165) is 0 Å². The summed E-state index contributed by atoms with van der Waals surface area (Å²) in [7, 11) is 1.57. The second-order valence-corrected chi connectivity index (χ2v) is 4.11. The molecule has 2 amide bonds. The Morgan fingerprint density at radius 2 is 2.37 bits per heavy atom. The van der Waals surface area contributed by atoms with Crippen LogP contribution in [0.4, 0.5) is 5.69 Å². The van der Waals surface area contributed by atoms with Gasteiger partial charge < -0.3 is 20.1 Å². The lowest BCUT2D eigenvalue weighted by Crippen LogP contribution is -2.27. The van der Waals surface area contributed by atoms with Crippen LogP contribution in [0.3, 0.4) is 0 Å². The molecular formula is C13H16N2O4. The molecule has 0 aromatic heterocycles. The van der Waals surface area contributed by atoms with Gasteiger partial charge in [0.2, 0.25) is 5.91 Å². The van der Waals surface area contributed by atoms with Gasteiger partial charge in [-0.15, -0.1) is 0 Å². The summed E-state index contributed by atoms with van der Waals surface area (Å²) >= 11 is 0. The van der Waals surface area contributed by atoms with E-state index in [0.29, 0.717) is 43.2 Å². The minimum atomic E-state index is -0.210. The van der Waals surface area contributed by atoms with Crippen LogP contribution in [0.1, 0.15) is 16.8 Å². The van der Waals surface area contributed by atoms with Crippen LogP contribution in [0.15, 0.2) is 18.2 Å². The van der Waals surface area contributed by atoms with Crippen molar-refractivity contribution in [3.05, 3.63) is 23.8 Å². The van der Waals surface area contributed by atoms with Gasteiger partial charge in [0.1, 0.15) is 5.75 Å². The summed E-state index contributed by atoms with van der Waals surface area (Å²) in [5.41, 5.74) is 1.00. The van der Waals surface area contributed by atoms with E-state index in [1.165, 1.54) is 0 Å². The Bertz CT molecular complexity index is 488. The van der Waals surface area contributed by atoms with E-state index in [1.54, 1.807) is 25.3 Å². The standard InChI is InChI=1S/C13H16N2O4/c1-18-7-5-14-13(17)9-2-3-11-10(8-9)15-12(16)4-6-19-11/h2-3,8H,4-7H2,1H3,(H,14,17)(H,15,16). The molecule has 1 aliphatic rings. The first-order chi connectivity index (χ1) is 9.20. The van der Waals surface area contributed by atoms with Gasteiger partial charge in [0, 0.05) is 19.2 Å². The van der Waals surface area contributed by atoms with Crippen molar-refractivity contribution in [1.82, 2.24) is 5.32 Å². The lowest BCUT2D eigenvalue weighted by atomic mass is 10.1. The molecule has 1 heterocycles. The van der Waals surface area contributed by atoms with Gasteiger partial charge in [-0.2, -0.15) is 0 Å². The maximum Gasteiger partial charge on any atom is 0.251 e. The third kappa shape index (κ3) is 3.45. The molecule has 0 aliphatic carbocycles. The van der Waals surface area contributed by atoms with E-state index in [9.17, 15) is 9.59 Å². The highest BCUT2D eigenvalue weighted by atomic mass is 16.5. The van der Waals surface area contributed by atoms with Crippen LogP contribution in [-0.4, -0.2) is 38.7 Å². The van der Waals surface area contributed by atoms with Crippen LogP contribution in [0.25, 0.3) is 0 Å². The quantitative estimate of drug-likeness (QED) is 0.788. The smallest absolute Gasteiger partial charge is 0.251 e. The van der Waals surface area contributed by atoms with E-state index in [2.05, 4.69) is 10.6 Å². The maximum absolute atomic E-state index is 11.9. The summed E-state index contributed by atoms with van der Waals surface area (Å²) < 4.78 is 10.3.